The zero-order chi connectivity index (χ0) is 40.2. The van der Waals surface area contributed by atoms with Crippen LogP contribution in [0, 0.1) is 82.7 Å². The van der Waals surface area contributed by atoms with Gasteiger partial charge in [0.25, 0.3) is 0 Å². The summed E-state index contributed by atoms with van der Waals surface area (Å²) in [5.74, 6) is 20.1. The molecular formula is C55H80F2. The van der Waals surface area contributed by atoms with E-state index >= 15 is 0 Å². The van der Waals surface area contributed by atoms with Crippen molar-refractivity contribution in [2.45, 2.75) is 201 Å². The Kier molecular flexibility index (Phi) is 20.1. The van der Waals surface area contributed by atoms with Crippen molar-refractivity contribution in [3.05, 3.63) is 70.3 Å². The highest BCUT2D eigenvalue weighted by Gasteiger charge is 2.31. The molecule has 0 aromatic heterocycles. The largest absolute Gasteiger partial charge is 0.207 e. The summed E-state index contributed by atoms with van der Waals surface area (Å²) in [4.78, 5) is 0. The molecule has 4 aliphatic rings. The Balaban J connectivity index is 0.000000218. The predicted octanol–water partition coefficient (Wildman–Crippen LogP) is 16.3. The summed E-state index contributed by atoms with van der Waals surface area (Å²) in [7, 11) is 0. The van der Waals surface area contributed by atoms with Gasteiger partial charge in [-0.15, -0.1) is 0 Å². The molecule has 0 radical (unpaired) electrons. The fourth-order valence-electron chi connectivity index (χ4n) is 11.1. The lowest BCUT2D eigenvalue weighted by molar-refractivity contribution is 0.153. The van der Waals surface area contributed by atoms with Crippen LogP contribution < -0.4 is 0 Å². The van der Waals surface area contributed by atoms with Crippen LogP contribution in [0.25, 0.3) is 0 Å². The molecule has 2 aromatic rings. The Morgan fingerprint density at radius 2 is 0.789 bits per heavy atom. The van der Waals surface area contributed by atoms with Crippen LogP contribution in [0.4, 0.5) is 8.78 Å². The molecule has 4 aliphatic carbocycles. The molecule has 0 amide bonds. The second kappa shape index (κ2) is 25.1. The normalized spacial score (nSPS) is 27.5. The molecule has 2 heteroatoms. The van der Waals surface area contributed by atoms with E-state index in [0.717, 1.165) is 70.6 Å². The van der Waals surface area contributed by atoms with Gasteiger partial charge < -0.3 is 0 Å². The monoisotopic (exact) mass is 779 g/mol. The lowest BCUT2D eigenvalue weighted by Crippen LogP contribution is -2.25. The summed E-state index contributed by atoms with van der Waals surface area (Å²) in [5.41, 5.74) is 3.23. The van der Waals surface area contributed by atoms with Crippen molar-refractivity contribution >= 4 is 0 Å². The van der Waals surface area contributed by atoms with Crippen LogP contribution in [0.2, 0.25) is 0 Å². The minimum Gasteiger partial charge on any atom is -0.207 e. The summed E-state index contributed by atoms with van der Waals surface area (Å²) in [5, 5.41) is 0. The fraction of sp³-hybridized carbons (Fsp3) is 0.709. The number of benzene rings is 2. The Labute approximate surface area is 349 Å². The molecule has 0 nitrogen and oxygen atoms in total. The zero-order valence-corrected chi connectivity index (χ0v) is 36.9. The first-order valence-electron chi connectivity index (χ1n) is 24.5. The lowest BCUT2D eigenvalue weighted by Gasteiger charge is -2.37. The van der Waals surface area contributed by atoms with Crippen LogP contribution in [-0.2, 0) is 12.8 Å². The van der Waals surface area contributed by atoms with Gasteiger partial charge >= 0.3 is 0 Å². The zero-order valence-electron chi connectivity index (χ0n) is 36.9. The van der Waals surface area contributed by atoms with Crippen LogP contribution in [-0.4, -0.2) is 0 Å². The van der Waals surface area contributed by atoms with Gasteiger partial charge in [0.05, 0.1) is 0 Å². The maximum atomic E-state index is 13.9. The first-order valence-corrected chi connectivity index (χ1v) is 24.5. The SMILES string of the molecule is CCCCCC1CCC(C2CCC(C#Cc3ccc(CC)c(F)c3)CC2)CC1.CCCCCCC1CCC(C2CCC(C#Cc3ccc(CC)c(F)c3)CC2)CC1. The summed E-state index contributed by atoms with van der Waals surface area (Å²) < 4.78 is 27.9. The minimum absolute atomic E-state index is 0.107. The van der Waals surface area contributed by atoms with E-state index < -0.39 is 0 Å². The molecule has 2 aromatic carbocycles. The highest BCUT2D eigenvalue weighted by atomic mass is 19.1. The van der Waals surface area contributed by atoms with Crippen LogP contribution >= 0.6 is 0 Å². The quantitative estimate of drug-likeness (QED) is 0.140. The Morgan fingerprint density at radius 3 is 1.14 bits per heavy atom. The second-order valence-corrected chi connectivity index (χ2v) is 19.0. The van der Waals surface area contributed by atoms with E-state index in [4.69, 9.17) is 0 Å². The van der Waals surface area contributed by atoms with Crippen molar-refractivity contribution < 1.29 is 8.78 Å². The van der Waals surface area contributed by atoms with Crippen molar-refractivity contribution in [2.24, 2.45) is 47.3 Å². The molecule has 314 valence electrons. The third-order valence-electron chi connectivity index (χ3n) is 15.1. The summed E-state index contributed by atoms with van der Waals surface area (Å²) in [6.07, 6.45) is 36.5. The van der Waals surface area contributed by atoms with Crippen molar-refractivity contribution in [2.75, 3.05) is 0 Å². The Bertz CT molecular complexity index is 1550. The van der Waals surface area contributed by atoms with Gasteiger partial charge in [-0.25, -0.2) is 8.78 Å². The van der Waals surface area contributed by atoms with Gasteiger partial charge in [-0.2, -0.15) is 0 Å². The van der Waals surface area contributed by atoms with Crippen LogP contribution in [0.3, 0.4) is 0 Å². The third kappa shape index (κ3) is 15.2. The van der Waals surface area contributed by atoms with Crippen molar-refractivity contribution in [3.63, 3.8) is 0 Å². The number of rotatable bonds is 13. The fourth-order valence-corrected chi connectivity index (χ4v) is 11.1. The van der Waals surface area contributed by atoms with E-state index in [-0.39, 0.29) is 11.6 Å². The Hall–Kier alpha value is -2.58. The van der Waals surface area contributed by atoms with Gasteiger partial charge in [0, 0.05) is 23.0 Å². The highest BCUT2D eigenvalue weighted by molar-refractivity contribution is 5.38. The van der Waals surface area contributed by atoms with E-state index in [0.29, 0.717) is 11.8 Å². The van der Waals surface area contributed by atoms with Gasteiger partial charge in [-0.3, -0.25) is 0 Å². The topological polar surface area (TPSA) is 0 Å². The van der Waals surface area contributed by atoms with Gasteiger partial charge in [0.15, 0.2) is 0 Å². The molecule has 4 fully saturated rings. The van der Waals surface area contributed by atoms with Gasteiger partial charge in [-0.05, 0) is 161 Å². The molecule has 4 saturated carbocycles. The lowest BCUT2D eigenvalue weighted by atomic mass is 9.69. The smallest absolute Gasteiger partial charge is 0.127 e. The average Bonchev–Trinajstić information content (AvgIpc) is 3.25. The predicted molar refractivity (Wildman–Crippen MR) is 240 cm³/mol. The number of hydrogen-bond acceptors (Lipinski definition) is 0. The molecule has 0 unspecified atom stereocenters. The standard InChI is InChI=1S/C28H41F.C27H39F/c1-3-5-6-7-8-22-11-17-26(18-12-22)27-19-13-23(14-20-27)9-10-24-15-16-25(4-2)28(29)21-24;1-3-5-6-7-21-10-16-25(17-11-21)26-18-12-22(13-19-26)8-9-23-14-15-24(4-2)27(28)20-23/h15-16,21-23,26-27H,3-8,11-14,17-20H2,1-2H3;14-15,20-22,25-26H,3-7,10-13,16-19H2,1-2H3. The second-order valence-electron chi connectivity index (χ2n) is 19.0. The third-order valence-corrected chi connectivity index (χ3v) is 15.1. The van der Waals surface area contributed by atoms with Gasteiger partial charge in [0.2, 0.25) is 0 Å². The van der Waals surface area contributed by atoms with E-state index in [1.54, 1.807) is 12.1 Å². The molecular weight excluding hydrogens is 699 g/mol. The Morgan fingerprint density at radius 1 is 0.439 bits per heavy atom. The number of halogens is 2. The van der Waals surface area contributed by atoms with Crippen LogP contribution in [0.1, 0.15) is 210 Å². The van der Waals surface area contributed by atoms with Gasteiger partial charge in [-0.1, -0.05) is 147 Å². The van der Waals surface area contributed by atoms with Gasteiger partial charge in [0.1, 0.15) is 11.6 Å². The number of aryl methyl sites for hydroxylation is 2. The molecule has 57 heavy (non-hydrogen) atoms. The van der Waals surface area contributed by atoms with E-state index in [9.17, 15) is 8.78 Å². The first-order chi connectivity index (χ1) is 27.9. The molecule has 0 aliphatic heterocycles. The van der Waals surface area contributed by atoms with Crippen molar-refractivity contribution in [3.8, 4) is 23.7 Å². The summed E-state index contributed by atoms with van der Waals surface area (Å²) in [6.45, 7) is 8.58. The van der Waals surface area contributed by atoms with E-state index in [1.165, 1.54) is 161 Å². The maximum Gasteiger partial charge on any atom is 0.127 e. The highest BCUT2D eigenvalue weighted by Crippen LogP contribution is 2.43. The van der Waals surface area contributed by atoms with E-state index in [1.807, 2.05) is 38.1 Å². The van der Waals surface area contributed by atoms with Crippen molar-refractivity contribution in [1.29, 1.82) is 0 Å². The summed E-state index contributed by atoms with van der Waals surface area (Å²) >= 11 is 0. The number of unbranched alkanes of at least 4 members (excludes halogenated alkanes) is 5. The molecule has 0 spiro atoms. The van der Waals surface area contributed by atoms with Crippen LogP contribution in [0.15, 0.2) is 36.4 Å². The molecule has 0 atom stereocenters. The maximum absolute atomic E-state index is 13.9. The molecule has 0 heterocycles. The van der Waals surface area contributed by atoms with Crippen molar-refractivity contribution in [1.82, 2.24) is 0 Å². The number of hydrogen-bond donors (Lipinski definition) is 0. The average molecular weight is 779 g/mol. The van der Waals surface area contributed by atoms with Crippen LogP contribution in [0.5, 0.6) is 0 Å². The molecule has 0 saturated heterocycles. The van der Waals surface area contributed by atoms with E-state index in [2.05, 4.69) is 37.5 Å². The minimum atomic E-state index is -0.108. The molecule has 0 N–H and O–H groups in total. The summed E-state index contributed by atoms with van der Waals surface area (Å²) in [6, 6.07) is 10.9. The first kappa shape index (κ1) is 45.5. The molecule has 0 bridgehead atoms. The molecule has 6 rings (SSSR count).